The third kappa shape index (κ3) is 3.44. The van der Waals surface area contributed by atoms with Gasteiger partial charge in [0.1, 0.15) is 6.54 Å². The van der Waals surface area contributed by atoms with Gasteiger partial charge < -0.3 is 10.0 Å². The monoisotopic (exact) mass is 288 g/mol. The Morgan fingerprint density at radius 3 is 2.43 bits per heavy atom. The highest BCUT2D eigenvalue weighted by Gasteiger charge is 2.21. The van der Waals surface area contributed by atoms with Crippen LogP contribution in [0.4, 0.5) is 0 Å². The van der Waals surface area contributed by atoms with Crippen LogP contribution in [0.25, 0.3) is 5.69 Å². The fourth-order valence-corrected chi connectivity index (χ4v) is 1.90. The number of amides is 1. The first-order valence-electron chi connectivity index (χ1n) is 6.48. The van der Waals surface area contributed by atoms with Gasteiger partial charge in [-0.1, -0.05) is 5.21 Å². The Bertz CT molecular complexity index is 620. The van der Waals surface area contributed by atoms with Crippen LogP contribution in [0.1, 0.15) is 24.2 Å². The fourth-order valence-electron chi connectivity index (χ4n) is 1.90. The van der Waals surface area contributed by atoms with E-state index in [9.17, 15) is 9.59 Å². The minimum atomic E-state index is -1.03. The smallest absolute Gasteiger partial charge is 0.323 e. The molecule has 2 aromatic rings. The molecule has 0 aliphatic heterocycles. The average Bonchev–Trinajstić information content (AvgIpc) is 2.98. The van der Waals surface area contributed by atoms with E-state index in [1.165, 1.54) is 4.90 Å². The van der Waals surface area contributed by atoms with Crippen molar-refractivity contribution in [1.29, 1.82) is 0 Å². The molecule has 1 amide bonds. The predicted octanol–water partition coefficient (Wildman–Crippen LogP) is 1.20. The predicted molar refractivity (Wildman–Crippen MR) is 75.2 cm³/mol. The van der Waals surface area contributed by atoms with Crippen molar-refractivity contribution in [3.63, 3.8) is 0 Å². The Morgan fingerprint density at radius 2 is 1.95 bits per heavy atom. The van der Waals surface area contributed by atoms with Gasteiger partial charge in [-0.15, -0.1) is 5.10 Å². The molecule has 1 aromatic heterocycles. The molecule has 110 valence electrons. The number of carbonyl (C=O) groups is 2. The molecular formula is C14H16N4O3. The second kappa shape index (κ2) is 6.17. The van der Waals surface area contributed by atoms with Crippen LogP contribution in [0, 0.1) is 0 Å². The Morgan fingerprint density at radius 1 is 1.29 bits per heavy atom. The molecule has 0 atom stereocenters. The largest absolute Gasteiger partial charge is 0.480 e. The van der Waals surface area contributed by atoms with E-state index in [4.69, 9.17) is 5.11 Å². The van der Waals surface area contributed by atoms with E-state index in [2.05, 4.69) is 10.3 Å². The molecule has 0 saturated heterocycles. The maximum absolute atomic E-state index is 12.3. The number of aliphatic carboxylic acids is 1. The van der Waals surface area contributed by atoms with E-state index in [0.717, 1.165) is 5.69 Å². The van der Waals surface area contributed by atoms with Crippen LogP contribution in [-0.4, -0.2) is 49.5 Å². The summed E-state index contributed by atoms with van der Waals surface area (Å²) in [6, 6.07) is 6.58. The lowest BCUT2D eigenvalue weighted by molar-refractivity contribution is -0.138. The summed E-state index contributed by atoms with van der Waals surface area (Å²) in [5.74, 6) is -1.34. The topological polar surface area (TPSA) is 88.3 Å². The van der Waals surface area contributed by atoms with Gasteiger partial charge in [-0.2, -0.15) is 0 Å². The average molecular weight is 288 g/mol. The van der Waals surface area contributed by atoms with E-state index >= 15 is 0 Å². The molecule has 0 aliphatic rings. The van der Waals surface area contributed by atoms with E-state index in [-0.39, 0.29) is 18.5 Å². The SMILES string of the molecule is CC(C)N(CC(=O)O)C(=O)c1ccc(-n2ccnn2)cc1. The van der Waals surface area contributed by atoms with Gasteiger partial charge in [-0.3, -0.25) is 9.59 Å². The van der Waals surface area contributed by atoms with Crippen molar-refractivity contribution in [2.45, 2.75) is 19.9 Å². The summed E-state index contributed by atoms with van der Waals surface area (Å²) in [7, 11) is 0. The lowest BCUT2D eigenvalue weighted by Crippen LogP contribution is -2.40. The van der Waals surface area contributed by atoms with Gasteiger partial charge in [0.25, 0.3) is 5.91 Å². The van der Waals surface area contributed by atoms with Crippen LogP contribution in [0.15, 0.2) is 36.7 Å². The molecule has 0 aliphatic carbocycles. The van der Waals surface area contributed by atoms with Gasteiger partial charge in [-0.25, -0.2) is 4.68 Å². The normalized spacial score (nSPS) is 10.6. The second-order valence-electron chi connectivity index (χ2n) is 4.82. The number of hydrogen-bond acceptors (Lipinski definition) is 4. The molecule has 0 fully saturated rings. The van der Waals surface area contributed by atoms with Gasteiger partial charge in [0.2, 0.25) is 0 Å². The Balaban J connectivity index is 2.20. The first-order chi connectivity index (χ1) is 9.99. The number of aromatic nitrogens is 3. The van der Waals surface area contributed by atoms with Gasteiger partial charge in [-0.05, 0) is 38.1 Å². The van der Waals surface area contributed by atoms with Crippen LogP contribution in [-0.2, 0) is 4.79 Å². The van der Waals surface area contributed by atoms with E-state index in [1.807, 2.05) is 0 Å². The highest BCUT2D eigenvalue weighted by molar-refractivity contribution is 5.96. The summed E-state index contributed by atoms with van der Waals surface area (Å²) >= 11 is 0. The number of rotatable bonds is 5. The number of carboxylic acids is 1. The van der Waals surface area contributed by atoms with Crippen LogP contribution in [0.5, 0.6) is 0 Å². The van der Waals surface area contributed by atoms with Crippen molar-refractivity contribution in [2.24, 2.45) is 0 Å². The molecule has 7 heteroatoms. The zero-order valence-electron chi connectivity index (χ0n) is 11.8. The number of nitrogens with zero attached hydrogens (tertiary/aromatic N) is 4. The molecule has 0 bridgehead atoms. The lowest BCUT2D eigenvalue weighted by atomic mass is 10.1. The van der Waals surface area contributed by atoms with Gasteiger partial charge >= 0.3 is 5.97 Å². The Labute approximate surface area is 121 Å². The molecule has 21 heavy (non-hydrogen) atoms. The maximum atomic E-state index is 12.3. The molecule has 0 saturated carbocycles. The van der Waals surface area contributed by atoms with E-state index < -0.39 is 5.97 Å². The van der Waals surface area contributed by atoms with Crippen molar-refractivity contribution < 1.29 is 14.7 Å². The highest BCUT2D eigenvalue weighted by atomic mass is 16.4. The molecule has 0 spiro atoms. The van der Waals surface area contributed by atoms with Crippen LogP contribution in [0.2, 0.25) is 0 Å². The second-order valence-corrected chi connectivity index (χ2v) is 4.82. The molecule has 0 radical (unpaired) electrons. The van der Waals surface area contributed by atoms with Gasteiger partial charge in [0, 0.05) is 11.6 Å². The first-order valence-corrected chi connectivity index (χ1v) is 6.48. The summed E-state index contributed by atoms with van der Waals surface area (Å²) in [6.45, 7) is 3.25. The molecular weight excluding hydrogens is 272 g/mol. The van der Waals surface area contributed by atoms with Gasteiger partial charge in [0.05, 0.1) is 18.1 Å². The van der Waals surface area contributed by atoms with Crippen LogP contribution >= 0.6 is 0 Å². The maximum Gasteiger partial charge on any atom is 0.323 e. The number of hydrogen-bond donors (Lipinski definition) is 1. The number of carbonyl (C=O) groups excluding carboxylic acids is 1. The summed E-state index contributed by atoms with van der Waals surface area (Å²) in [4.78, 5) is 24.5. The third-order valence-corrected chi connectivity index (χ3v) is 2.99. The van der Waals surface area contributed by atoms with Crippen LogP contribution < -0.4 is 0 Å². The molecule has 7 nitrogen and oxygen atoms in total. The zero-order chi connectivity index (χ0) is 15.4. The molecule has 1 aromatic carbocycles. The first kappa shape index (κ1) is 14.7. The van der Waals surface area contributed by atoms with Crippen molar-refractivity contribution in [3.05, 3.63) is 42.2 Å². The van der Waals surface area contributed by atoms with E-state index in [0.29, 0.717) is 5.56 Å². The minimum Gasteiger partial charge on any atom is -0.480 e. The molecule has 2 rings (SSSR count). The summed E-state index contributed by atoms with van der Waals surface area (Å²) in [6.07, 6.45) is 3.26. The van der Waals surface area contributed by atoms with Crippen molar-refractivity contribution in [1.82, 2.24) is 19.9 Å². The number of benzene rings is 1. The van der Waals surface area contributed by atoms with Gasteiger partial charge in [0.15, 0.2) is 0 Å². The van der Waals surface area contributed by atoms with Crippen molar-refractivity contribution in [3.8, 4) is 5.69 Å². The number of carboxylic acid groups (broad SMARTS) is 1. The standard InChI is InChI=1S/C14H16N4O3/c1-10(2)17(9-13(19)20)14(21)11-3-5-12(6-4-11)18-8-7-15-16-18/h3-8,10H,9H2,1-2H3,(H,19,20). The third-order valence-electron chi connectivity index (χ3n) is 2.99. The quantitative estimate of drug-likeness (QED) is 0.893. The Hall–Kier alpha value is -2.70. The highest BCUT2D eigenvalue weighted by Crippen LogP contribution is 2.12. The molecule has 1 heterocycles. The summed E-state index contributed by atoms with van der Waals surface area (Å²) < 4.78 is 1.58. The fraction of sp³-hybridized carbons (Fsp3) is 0.286. The molecule has 0 unspecified atom stereocenters. The van der Waals surface area contributed by atoms with E-state index in [1.54, 1.807) is 55.2 Å². The molecule has 1 N–H and O–H groups in total. The lowest BCUT2D eigenvalue weighted by Gasteiger charge is -2.25. The summed E-state index contributed by atoms with van der Waals surface area (Å²) in [5.41, 5.74) is 1.21. The van der Waals surface area contributed by atoms with Crippen molar-refractivity contribution in [2.75, 3.05) is 6.54 Å². The van der Waals surface area contributed by atoms with Crippen LogP contribution in [0.3, 0.4) is 0 Å². The summed E-state index contributed by atoms with van der Waals surface area (Å²) in [5, 5.41) is 16.5. The zero-order valence-corrected chi connectivity index (χ0v) is 11.8. The minimum absolute atomic E-state index is 0.191. The Kier molecular flexibility index (Phi) is 4.32. The van der Waals surface area contributed by atoms with Crippen molar-refractivity contribution >= 4 is 11.9 Å².